The van der Waals surface area contributed by atoms with Crippen LogP contribution in [0.5, 0.6) is 0 Å². The second-order valence-electron chi connectivity index (χ2n) is 4.62. The smallest absolute Gasteiger partial charge is 0.232 e. The van der Waals surface area contributed by atoms with E-state index >= 15 is 0 Å². The molecule has 0 aliphatic carbocycles. The first-order chi connectivity index (χ1) is 10.2. The van der Waals surface area contributed by atoms with Gasteiger partial charge in [0, 0.05) is 33.8 Å². The number of rotatable bonds is 7. The van der Waals surface area contributed by atoms with Gasteiger partial charge in [0.1, 0.15) is 0 Å². The average molecular weight is 298 g/mol. The Hall–Kier alpha value is -1.71. The topological polar surface area (TPSA) is 105 Å². The summed E-state index contributed by atoms with van der Waals surface area (Å²) < 4.78 is 10.2. The minimum atomic E-state index is -0.614. The number of methoxy groups -OCH3 is 1. The van der Waals surface area contributed by atoms with Crippen LogP contribution >= 0.6 is 0 Å². The summed E-state index contributed by atoms with van der Waals surface area (Å²) in [4.78, 5) is 15.0. The van der Waals surface area contributed by atoms with Crippen LogP contribution in [0.15, 0.2) is 0 Å². The zero-order valence-electron chi connectivity index (χ0n) is 12.4. The zero-order chi connectivity index (χ0) is 15.1. The SMILES string of the molecule is CNc1nc(NCC(O)COC)nc(N2CCOCC2)n1. The fraction of sp³-hybridized carbons (Fsp3) is 0.750. The average Bonchev–Trinajstić information content (AvgIpc) is 2.54. The lowest BCUT2D eigenvalue weighted by molar-refractivity contribution is 0.0726. The summed E-state index contributed by atoms with van der Waals surface area (Å²) >= 11 is 0. The first-order valence-corrected chi connectivity index (χ1v) is 6.90. The number of aromatic nitrogens is 3. The zero-order valence-corrected chi connectivity index (χ0v) is 12.4. The van der Waals surface area contributed by atoms with Gasteiger partial charge in [-0.25, -0.2) is 0 Å². The lowest BCUT2D eigenvalue weighted by Gasteiger charge is -2.27. The third kappa shape index (κ3) is 4.66. The van der Waals surface area contributed by atoms with Crippen LogP contribution in [0.25, 0.3) is 0 Å². The van der Waals surface area contributed by atoms with Crippen molar-refractivity contribution >= 4 is 17.8 Å². The molecule has 0 amide bonds. The van der Waals surface area contributed by atoms with Gasteiger partial charge < -0.3 is 30.1 Å². The van der Waals surface area contributed by atoms with E-state index in [2.05, 4.69) is 25.6 Å². The Bertz CT molecular complexity index is 441. The third-order valence-electron chi connectivity index (χ3n) is 3.00. The predicted molar refractivity (Wildman–Crippen MR) is 78.8 cm³/mol. The Morgan fingerprint density at radius 3 is 2.67 bits per heavy atom. The molecule has 0 spiro atoms. The number of nitrogens with zero attached hydrogens (tertiary/aromatic N) is 4. The van der Waals surface area contributed by atoms with E-state index in [1.807, 2.05) is 4.90 Å². The molecule has 1 unspecified atom stereocenters. The van der Waals surface area contributed by atoms with Crippen molar-refractivity contribution < 1.29 is 14.6 Å². The highest BCUT2D eigenvalue weighted by atomic mass is 16.5. The molecule has 0 radical (unpaired) electrons. The van der Waals surface area contributed by atoms with Crippen LogP contribution in [0.3, 0.4) is 0 Å². The van der Waals surface area contributed by atoms with Crippen molar-refractivity contribution in [2.45, 2.75) is 6.10 Å². The quantitative estimate of drug-likeness (QED) is 0.594. The number of morpholine rings is 1. The summed E-state index contributed by atoms with van der Waals surface area (Å²) in [5.74, 6) is 1.50. The van der Waals surface area contributed by atoms with Crippen LogP contribution < -0.4 is 15.5 Å². The van der Waals surface area contributed by atoms with Crippen LogP contribution in [0, 0.1) is 0 Å². The van der Waals surface area contributed by atoms with E-state index in [1.54, 1.807) is 14.2 Å². The van der Waals surface area contributed by atoms with Gasteiger partial charge in [0.05, 0.1) is 25.9 Å². The molecular weight excluding hydrogens is 276 g/mol. The largest absolute Gasteiger partial charge is 0.389 e. The van der Waals surface area contributed by atoms with Crippen molar-refractivity contribution in [2.75, 3.05) is 69.1 Å². The van der Waals surface area contributed by atoms with Gasteiger partial charge in [-0.1, -0.05) is 0 Å². The second-order valence-corrected chi connectivity index (χ2v) is 4.62. The highest BCUT2D eigenvalue weighted by Gasteiger charge is 2.16. The monoisotopic (exact) mass is 298 g/mol. The minimum absolute atomic E-state index is 0.257. The maximum Gasteiger partial charge on any atom is 0.232 e. The molecule has 21 heavy (non-hydrogen) atoms. The summed E-state index contributed by atoms with van der Waals surface area (Å²) in [6, 6.07) is 0. The van der Waals surface area contributed by atoms with Crippen molar-refractivity contribution in [2.24, 2.45) is 0 Å². The third-order valence-corrected chi connectivity index (χ3v) is 3.00. The van der Waals surface area contributed by atoms with Crippen molar-refractivity contribution in [3.63, 3.8) is 0 Å². The number of ether oxygens (including phenoxy) is 2. The Labute approximate surface area is 123 Å². The van der Waals surface area contributed by atoms with E-state index in [4.69, 9.17) is 9.47 Å². The van der Waals surface area contributed by atoms with E-state index in [0.717, 1.165) is 13.1 Å². The first kappa shape index (κ1) is 15.7. The summed E-state index contributed by atoms with van der Waals surface area (Å²) in [5.41, 5.74) is 0. The van der Waals surface area contributed by atoms with Crippen LogP contribution in [-0.4, -0.2) is 79.8 Å². The van der Waals surface area contributed by atoms with Crippen molar-refractivity contribution in [3.8, 4) is 0 Å². The van der Waals surface area contributed by atoms with Gasteiger partial charge in [-0.3, -0.25) is 0 Å². The molecule has 0 bridgehead atoms. The molecule has 2 rings (SSSR count). The van der Waals surface area contributed by atoms with Crippen molar-refractivity contribution in [3.05, 3.63) is 0 Å². The van der Waals surface area contributed by atoms with Gasteiger partial charge in [0.15, 0.2) is 0 Å². The van der Waals surface area contributed by atoms with Crippen LogP contribution in [-0.2, 0) is 9.47 Å². The molecule has 9 nitrogen and oxygen atoms in total. The minimum Gasteiger partial charge on any atom is -0.389 e. The van der Waals surface area contributed by atoms with Gasteiger partial charge in [0.25, 0.3) is 0 Å². The Morgan fingerprint density at radius 1 is 1.29 bits per heavy atom. The number of anilines is 3. The molecule has 1 saturated heterocycles. The number of hydrogen-bond acceptors (Lipinski definition) is 9. The van der Waals surface area contributed by atoms with Crippen LogP contribution in [0.1, 0.15) is 0 Å². The molecule has 1 atom stereocenters. The first-order valence-electron chi connectivity index (χ1n) is 6.90. The molecule has 3 N–H and O–H groups in total. The number of aliphatic hydroxyl groups is 1. The van der Waals surface area contributed by atoms with E-state index in [9.17, 15) is 5.11 Å². The van der Waals surface area contributed by atoms with E-state index in [0.29, 0.717) is 37.6 Å². The van der Waals surface area contributed by atoms with E-state index in [-0.39, 0.29) is 6.61 Å². The fourth-order valence-electron chi connectivity index (χ4n) is 1.92. The summed E-state index contributed by atoms with van der Waals surface area (Å²) in [5, 5.41) is 15.6. The summed E-state index contributed by atoms with van der Waals surface area (Å²) in [7, 11) is 3.30. The van der Waals surface area contributed by atoms with Crippen LogP contribution in [0.4, 0.5) is 17.8 Å². The standard InChI is InChI=1S/C12H22N6O3/c1-13-10-15-11(14-7-9(19)8-20-2)17-12(16-10)18-3-5-21-6-4-18/h9,19H,3-8H2,1-2H3,(H2,13,14,15,16,17). The van der Waals surface area contributed by atoms with Gasteiger partial charge in [-0.2, -0.15) is 15.0 Å². The molecule has 1 aliphatic heterocycles. The van der Waals surface area contributed by atoms with Crippen molar-refractivity contribution in [1.29, 1.82) is 0 Å². The van der Waals surface area contributed by atoms with Gasteiger partial charge >= 0.3 is 0 Å². The highest BCUT2D eigenvalue weighted by Crippen LogP contribution is 2.14. The summed E-state index contributed by atoms with van der Waals surface area (Å²) in [6.45, 7) is 3.39. The lowest BCUT2D eigenvalue weighted by atomic mass is 10.4. The molecule has 1 fully saturated rings. The lowest BCUT2D eigenvalue weighted by Crippen LogP contribution is -2.37. The molecule has 9 heteroatoms. The van der Waals surface area contributed by atoms with Crippen molar-refractivity contribution in [1.82, 2.24) is 15.0 Å². The molecule has 118 valence electrons. The molecule has 0 aromatic carbocycles. The predicted octanol–water partition coefficient (Wildman–Crippen LogP) is -0.831. The maximum absolute atomic E-state index is 9.65. The normalized spacial score (nSPS) is 16.6. The number of hydrogen-bond donors (Lipinski definition) is 3. The van der Waals surface area contributed by atoms with Crippen LogP contribution in [0.2, 0.25) is 0 Å². The molecule has 1 aromatic rings. The number of aliphatic hydroxyl groups excluding tert-OH is 1. The van der Waals surface area contributed by atoms with E-state index < -0.39 is 6.10 Å². The van der Waals surface area contributed by atoms with Gasteiger partial charge in [-0.05, 0) is 0 Å². The molecule has 0 saturated carbocycles. The van der Waals surface area contributed by atoms with Gasteiger partial charge in [0.2, 0.25) is 17.8 Å². The molecule has 2 heterocycles. The fourth-order valence-corrected chi connectivity index (χ4v) is 1.92. The Kier molecular flexibility index (Phi) is 5.90. The van der Waals surface area contributed by atoms with E-state index in [1.165, 1.54) is 0 Å². The molecule has 1 aromatic heterocycles. The molecule has 1 aliphatic rings. The highest BCUT2D eigenvalue weighted by molar-refractivity contribution is 5.43. The summed E-state index contributed by atoms with van der Waals surface area (Å²) in [6.07, 6.45) is -0.614. The Morgan fingerprint density at radius 2 is 2.00 bits per heavy atom. The van der Waals surface area contributed by atoms with Gasteiger partial charge in [-0.15, -0.1) is 0 Å². The molecular formula is C12H22N6O3. The number of nitrogens with one attached hydrogen (secondary N) is 2. The second kappa shape index (κ2) is 7.91. The Balaban J connectivity index is 2.05. The maximum atomic E-state index is 9.65.